The van der Waals surface area contributed by atoms with Crippen LogP contribution in [0.15, 0.2) is 54.5 Å². The molecule has 116 valence electrons. The number of aliphatic hydroxyl groups is 1. The first-order valence-electron chi connectivity index (χ1n) is 7.83. The largest absolute Gasteiger partial charge is 0.389 e. The van der Waals surface area contributed by atoms with Crippen molar-refractivity contribution in [2.45, 2.75) is 19.3 Å². The molecule has 1 N–H and O–H groups in total. The van der Waals surface area contributed by atoms with Crippen molar-refractivity contribution < 1.29 is 9.50 Å². The highest BCUT2D eigenvalue weighted by molar-refractivity contribution is 5.84. The van der Waals surface area contributed by atoms with Gasteiger partial charge in [-0.1, -0.05) is 30.3 Å². The van der Waals surface area contributed by atoms with Crippen molar-refractivity contribution in [3.63, 3.8) is 0 Å². The van der Waals surface area contributed by atoms with Crippen molar-refractivity contribution in [2.24, 2.45) is 0 Å². The molecule has 1 aliphatic carbocycles. The van der Waals surface area contributed by atoms with E-state index in [4.69, 9.17) is 0 Å². The second-order valence-electron chi connectivity index (χ2n) is 5.86. The lowest BCUT2D eigenvalue weighted by Crippen LogP contribution is -2.09. The summed E-state index contributed by atoms with van der Waals surface area (Å²) >= 11 is 0. The summed E-state index contributed by atoms with van der Waals surface area (Å²) in [6, 6.07) is 14.2. The zero-order valence-electron chi connectivity index (χ0n) is 12.7. The Labute approximate surface area is 133 Å². The van der Waals surface area contributed by atoms with Gasteiger partial charge in [-0.25, -0.2) is 9.07 Å². The Hall–Kier alpha value is -2.46. The van der Waals surface area contributed by atoms with Crippen LogP contribution in [0.25, 0.3) is 22.0 Å². The molecule has 0 bridgehead atoms. The van der Waals surface area contributed by atoms with Gasteiger partial charge in [-0.05, 0) is 47.7 Å². The smallest absolute Gasteiger partial charge is 0.131 e. The van der Waals surface area contributed by atoms with E-state index in [2.05, 4.69) is 23.3 Å². The van der Waals surface area contributed by atoms with Crippen LogP contribution in [0.4, 0.5) is 4.39 Å². The van der Waals surface area contributed by atoms with Crippen molar-refractivity contribution in [3.05, 3.63) is 65.7 Å². The summed E-state index contributed by atoms with van der Waals surface area (Å²) < 4.78 is 15.9. The highest BCUT2D eigenvalue weighted by Gasteiger charge is 2.23. The number of hydrogen-bond acceptors (Lipinski definition) is 2. The van der Waals surface area contributed by atoms with Crippen molar-refractivity contribution in [3.8, 4) is 5.69 Å². The molecule has 1 aliphatic rings. The number of aryl methyl sites for hydroxylation is 1. The summed E-state index contributed by atoms with van der Waals surface area (Å²) in [7, 11) is 0. The lowest BCUT2D eigenvalue weighted by atomic mass is 9.92. The summed E-state index contributed by atoms with van der Waals surface area (Å²) in [5.41, 5.74) is 3.34. The van der Waals surface area contributed by atoms with Gasteiger partial charge in [0.25, 0.3) is 0 Å². The van der Waals surface area contributed by atoms with E-state index in [0.717, 1.165) is 40.6 Å². The second-order valence-corrected chi connectivity index (χ2v) is 5.86. The number of aromatic nitrogens is 2. The predicted octanol–water partition coefficient (Wildman–Crippen LogP) is 4.03. The van der Waals surface area contributed by atoms with Crippen LogP contribution in [-0.2, 0) is 6.42 Å². The van der Waals surface area contributed by atoms with Gasteiger partial charge in [0.2, 0.25) is 0 Å². The van der Waals surface area contributed by atoms with E-state index in [1.807, 2.05) is 30.5 Å². The summed E-state index contributed by atoms with van der Waals surface area (Å²) in [4.78, 5) is 0. The standard InChI is InChI=1S/C19H17FN2O/c20-18(12-23)17-7-3-6-15-11-21-22(19(15)17)16-9-8-13-4-1-2-5-14(13)10-16/h1-2,4-5,8-11,23H,3,6-7,12H2/b18-17+. The van der Waals surface area contributed by atoms with Gasteiger partial charge in [0.1, 0.15) is 5.83 Å². The molecule has 3 aromatic rings. The van der Waals surface area contributed by atoms with Gasteiger partial charge >= 0.3 is 0 Å². The summed E-state index contributed by atoms with van der Waals surface area (Å²) in [6.45, 7) is -0.558. The lowest BCUT2D eigenvalue weighted by molar-refractivity contribution is 0.298. The molecular formula is C19H17FN2O. The third kappa shape index (κ3) is 2.35. The third-order valence-corrected chi connectivity index (χ3v) is 4.45. The van der Waals surface area contributed by atoms with Gasteiger partial charge < -0.3 is 5.11 Å². The third-order valence-electron chi connectivity index (χ3n) is 4.45. The Morgan fingerprint density at radius 3 is 2.78 bits per heavy atom. The highest BCUT2D eigenvalue weighted by Crippen LogP contribution is 2.35. The number of aliphatic hydroxyl groups excluding tert-OH is 1. The molecule has 1 aromatic heterocycles. The Bertz CT molecular complexity index is 911. The molecule has 0 spiro atoms. The maximum Gasteiger partial charge on any atom is 0.131 e. The molecule has 0 amide bonds. The van der Waals surface area contributed by atoms with Crippen molar-refractivity contribution in [1.82, 2.24) is 9.78 Å². The van der Waals surface area contributed by atoms with Gasteiger partial charge in [0, 0.05) is 5.57 Å². The van der Waals surface area contributed by atoms with Crippen molar-refractivity contribution in [2.75, 3.05) is 6.61 Å². The van der Waals surface area contributed by atoms with Crippen LogP contribution < -0.4 is 0 Å². The second kappa shape index (κ2) is 5.63. The Balaban J connectivity index is 1.91. The molecule has 2 aromatic carbocycles. The van der Waals surface area contributed by atoms with Crippen LogP contribution in [0.3, 0.4) is 0 Å². The summed E-state index contributed by atoms with van der Waals surface area (Å²) in [6.07, 6.45) is 4.23. The zero-order valence-corrected chi connectivity index (χ0v) is 12.7. The number of halogens is 1. The van der Waals surface area contributed by atoms with Gasteiger partial charge in [-0.15, -0.1) is 0 Å². The number of rotatable bonds is 2. The molecule has 0 saturated heterocycles. The molecule has 1 heterocycles. The monoisotopic (exact) mass is 308 g/mol. The summed E-state index contributed by atoms with van der Waals surface area (Å²) in [5, 5.41) is 16.0. The average Bonchev–Trinajstić information content (AvgIpc) is 3.04. The number of hydrogen-bond donors (Lipinski definition) is 1. The van der Waals surface area contributed by atoms with E-state index in [-0.39, 0.29) is 0 Å². The Morgan fingerprint density at radius 1 is 1.13 bits per heavy atom. The molecule has 0 radical (unpaired) electrons. The van der Waals surface area contributed by atoms with Gasteiger partial charge in [-0.2, -0.15) is 5.10 Å². The van der Waals surface area contributed by atoms with Crippen LogP contribution >= 0.6 is 0 Å². The molecule has 0 atom stereocenters. The van der Waals surface area contributed by atoms with Crippen molar-refractivity contribution >= 4 is 16.3 Å². The van der Waals surface area contributed by atoms with E-state index in [1.165, 1.54) is 0 Å². The van der Waals surface area contributed by atoms with E-state index >= 15 is 0 Å². The highest BCUT2D eigenvalue weighted by atomic mass is 19.1. The molecule has 0 aliphatic heterocycles. The molecule has 4 rings (SSSR count). The lowest BCUT2D eigenvalue weighted by Gasteiger charge is -2.18. The minimum absolute atomic E-state index is 0.450. The molecule has 4 heteroatoms. The molecule has 23 heavy (non-hydrogen) atoms. The molecule has 0 fully saturated rings. The quantitative estimate of drug-likeness (QED) is 0.776. The molecule has 0 saturated carbocycles. The van der Waals surface area contributed by atoms with Crippen LogP contribution in [-0.4, -0.2) is 21.5 Å². The minimum Gasteiger partial charge on any atom is -0.389 e. The molecule has 0 unspecified atom stereocenters. The van der Waals surface area contributed by atoms with E-state index < -0.39 is 12.4 Å². The fraction of sp³-hybridized carbons (Fsp3) is 0.211. The average molecular weight is 308 g/mol. The van der Waals surface area contributed by atoms with E-state index in [9.17, 15) is 9.50 Å². The van der Waals surface area contributed by atoms with Crippen molar-refractivity contribution in [1.29, 1.82) is 0 Å². The van der Waals surface area contributed by atoms with E-state index in [0.29, 0.717) is 12.0 Å². The Morgan fingerprint density at radius 2 is 1.96 bits per heavy atom. The predicted molar refractivity (Wildman–Crippen MR) is 89.1 cm³/mol. The van der Waals surface area contributed by atoms with Gasteiger partial charge in [-0.3, -0.25) is 0 Å². The first-order valence-corrected chi connectivity index (χ1v) is 7.83. The summed E-state index contributed by atoms with van der Waals surface area (Å²) in [5.74, 6) is -0.450. The van der Waals surface area contributed by atoms with Crippen LogP contribution in [0.2, 0.25) is 0 Å². The van der Waals surface area contributed by atoms with Crippen LogP contribution in [0, 0.1) is 0 Å². The molecular weight excluding hydrogens is 291 g/mol. The first-order chi connectivity index (χ1) is 11.3. The number of fused-ring (bicyclic) bond motifs is 2. The number of benzene rings is 2. The normalized spacial score (nSPS) is 16.4. The number of allylic oxidation sites excluding steroid dienone is 1. The zero-order chi connectivity index (χ0) is 15.8. The molecule has 3 nitrogen and oxygen atoms in total. The van der Waals surface area contributed by atoms with Crippen LogP contribution in [0.5, 0.6) is 0 Å². The fourth-order valence-corrected chi connectivity index (χ4v) is 3.32. The topological polar surface area (TPSA) is 38.1 Å². The minimum atomic E-state index is -0.558. The number of nitrogens with zero attached hydrogens (tertiary/aromatic N) is 2. The SMILES string of the molecule is OC/C(F)=C1/CCCc2cnn(-c3ccc4ccccc4c3)c21. The van der Waals surface area contributed by atoms with Gasteiger partial charge in [0.15, 0.2) is 0 Å². The maximum atomic E-state index is 14.1. The van der Waals surface area contributed by atoms with E-state index in [1.54, 1.807) is 4.68 Å². The fourth-order valence-electron chi connectivity index (χ4n) is 3.32. The van der Waals surface area contributed by atoms with Crippen LogP contribution in [0.1, 0.15) is 24.1 Å². The van der Waals surface area contributed by atoms with Gasteiger partial charge in [0.05, 0.1) is 24.2 Å². The maximum absolute atomic E-state index is 14.1. The first kappa shape index (κ1) is 14.2. The Kier molecular flexibility index (Phi) is 3.46.